The van der Waals surface area contributed by atoms with Gasteiger partial charge in [-0.25, -0.2) is 0 Å². The van der Waals surface area contributed by atoms with Crippen LogP contribution in [0.25, 0.3) is 0 Å². The number of rotatable bonds is 0. The summed E-state index contributed by atoms with van der Waals surface area (Å²) in [6.07, 6.45) is 0. The molecule has 50 valence electrons. The summed E-state index contributed by atoms with van der Waals surface area (Å²) in [6, 6.07) is 0. The van der Waals surface area contributed by atoms with Gasteiger partial charge < -0.3 is 0 Å². The summed E-state index contributed by atoms with van der Waals surface area (Å²) < 4.78 is 34.5. The molecule has 0 aromatic rings. The van der Waals surface area contributed by atoms with Crippen LogP contribution in [0.1, 0.15) is 0 Å². The largest absolute Gasteiger partial charge is 0 e. The molecule has 0 unspecified atom stereocenters. The first kappa shape index (κ1) is 29.4. The second-order valence-electron chi connectivity index (χ2n) is 0.500. The Morgan fingerprint density at radius 3 is 0.778 bits per heavy atom. The van der Waals surface area contributed by atoms with Crippen molar-refractivity contribution < 1.29 is 73.4 Å². The van der Waals surface area contributed by atoms with Crippen molar-refractivity contribution in [3.05, 3.63) is 0 Å². The zero-order chi connectivity index (χ0) is 4.50. The standard InChI is InChI=1S/2Mg.4O.Pt.Ru.Ti/q2*+2;4*-1;;;. The molecule has 0 N–H and O–H groups in total. The average Bonchev–Trinajstić information content (AvgIpc) is 0.722. The predicted octanol–water partition coefficient (Wildman–Crippen LogP) is -5.53. The van der Waals surface area contributed by atoms with Crippen LogP contribution in [0.5, 0.6) is 0 Å². The van der Waals surface area contributed by atoms with Crippen LogP contribution < -0.4 is 14.8 Å². The van der Waals surface area contributed by atoms with E-state index in [9.17, 15) is 0 Å². The van der Waals surface area contributed by atoms with Gasteiger partial charge in [-0.15, -0.1) is 0 Å². The van der Waals surface area contributed by atoms with Crippen molar-refractivity contribution in [1.82, 2.24) is 0 Å². The van der Waals surface area contributed by atoms with E-state index in [1.165, 1.54) is 0 Å². The van der Waals surface area contributed by atoms with Crippen molar-refractivity contribution in [2.75, 3.05) is 0 Å². The summed E-state index contributed by atoms with van der Waals surface area (Å²) in [6.45, 7) is 0. The molecule has 9 heavy (non-hydrogen) atoms. The molecule has 0 atom stereocenters. The third kappa shape index (κ3) is 87.2. The minimum absolute atomic E-state index is 0. The third-order valence-electron chi connectivity index (χ3n) is 0. The van der Waals surface area contributed by atoms with E-state index >= 15 is 0 Å². The Balaban J connectivity index is -0.0000000133. The van der Waals surface area contributed by atoms with Crippen LogP contribution in [0, 0.1) is 0 Å². The Morgan fingerprint density at radius 2 is 0.778 bits per heavy atom. The van der Waals surface area contributed by atoms with Crippen molar-refractivity contribution >= 4 is 46.1 Å². The Kier molecular flexibility index (Phi) is 45.6. The Bertz CT molecular complexity index is 34.0. The Labute approximate surface area is 117 Å². The molecule has 0 aliphatic carbocycles. The fourth-order valence-electron chi connectivity index (χ4n) is 0. The van der Waals surface area contributed by atoms with Gasteiger partial charge in [0.25, 0.3) is 0 Å². The number of hydrogen-bond acceptors (Lipinski definition) is 4. The summed E-state index contributed by atoms with van der Waals surface area (Å²) in [7, 11) is 0. The first-order valence-electron chi connectivity index (χ1n) is 0.816. The molecule has 4 nitrogen and oxygen atoms in total. The van der Waals surface area contributed by atoms with Crippen molar-refractivity contribution in [2.24, 2.45) is 0 Å². The Morgan fingerprint density at radius 1 is 0.778 bits per heavy atom. The maximum atomic E-state index is 8.62. The van der Waals surface area contributed by atoms with Gasteiger partial charge in [0.15, 0.2) is 0 Å². The molecular weight excluding hydrogens is 457 g/mol. The quantitative estimate of drug-likeness (QED) is 0.340. The SMILES string of the molecule is [Mg+2].[Mg+2].[O-][Ti]([O-])([O-])[O-].[Pt].[Ru]. The van der Waals surface area contributed by atoms with Crippen LogP contribution in [-0.2, 0) is 58.7 Å². The van der Waals surface area contributed by atoms with Crippen LogP contribution in [0.4, 0.5) is 0 Å². The van der Waals surface area contributed by atoms with Gasteiger partial charge >= 0.3 is 79.0 Å². The van der Waals surface area contributed by atoms with E-state index in [2.05, 4.69) is 0 Å². The smallest absolute Gasteiger partial charge is 0 e. The van der Waals surface area contributed by atoms with E-state index < -0.39 is 18.1 Å². The summed E-state index contributed by atoms with van der Waals surface area (Å²) in [4.78, 5) is 0. The predicted molar refractivity (Wildman–Crippen MR) is 11.5 cm³/mol. The molecule has 0 aliphatic rings. The normalized spacial score (nSPS) is 6.67. The fraction of sp³-hybridized carbons (Fsp3) is 0. The molecule has 0 saturated carbocycles. The molecule has 0 aromatic carbocycles. The Hall–Kier alpha value is 3.40. The molecule has 0 aliphatic heterocycles. The zero-order valence-electron chi connectivity index (χ0n) is 4.22. The second-order valence-corrected chi connectivity index (χ2v) is 2.06. The van der Waals surface area contributed by atoms with Crippen molar-refractivity contribution in [1.29, 1.82) is 0 Å². The van der Waals surface area contributed by atoms with Gasteiger partial charge in [-0.3, -0.25) is 0 Å². The molecule has 0 amide bonds. The topological polar surface area (TPSA) is 92.2 Å². The molecule has 0 saturated heterocycles. The zero-order valence-corrected chi connectivity index (χ0v) is 12.6. The first-order valence-corrected chi connectivity index (χ1v) is 3.37. The van der Waals surface area contributed by atoms with Gasteiger partial charge in [-0.05, 0) is 0 Å². The molecule has 0 fully saturated rings. The molecule has 0 rings (SSSR count). The summed E-state index contributed by atoms with van der Waals surface area (Å²) in [5.74, 6) is 0. The van der Waals surface area contributed by atoms with Crippen LogP contribution >= 0.6 is 0 Å². The minimum Gasteiger partial charge on any atom is 0 e. The van der Waals surface area contributed by atoms with Crippen LogP contribution in [0.2, 0.25) is 0 Å². The van der Waals surface area contributed by atoms with E-state index in [0.717, 1.165) is 0 Å². The van der Waals surface area contributed by atoms with Crippen molar-refractivity contribution in [2.45, 2.75) is 0 Å². The van der Waals surface area contributed by atoms with E-state index in [1.54, 1.807) is 0 Å². The summed E-state index contributed by atoms with van der Waals surface area (Å²) in [5, 5.41) is 0. The van der Waals surface area contributed by atoms with Crippen molar-refractivity contribution in [3.8, 4) is 0 Å². The second kappa shape index (κ2) is 14.0. The van der Waals surface area contributed by atoms with Gasteiger partial charge in [0, 0.05) is 40.5 Å². The minimum atomic E-state index is -6.00. The molecule has 0 aromatic heterocycles. The third-order valence-corrected chi connectivity index (χ3v) is 0. The summed E-state index contributed by atoms with van der Waals surface area (Å²) in [5.41, 5.74) is 0. The average molecular weight is 457 g/mol. The van der Waals surface area contributed by atoms with Crippen LogP contribution in [-0.4, -0.2) is 46.1 Å². The summed E-state index contributed by atoms with van der Waals surface area (Å²) >= 11 is -6.00. The van der Waals surface area contributed by atoms with Gasteiger partial charge in [0.05, 0.1) is 0 Å². The first-order chi connectivity index (χ1) is 2.00. The molecule has 0 heterocycles. The van der Waals surface area contributed by atoms with Crippen LogP contribution in [0.3, 0.4) is 0 Å². The van der Waals surface area contributed by atoms with Gasteiger partial charge in [-0.2, -0.15) is 0 Å². The maximum absolute atomic E-state index is 8.62. The van der Waals surface area contributed by atoms with E-state index in [1.807, 2.05) is 0 Å². The van der Waals surface area contributed by atoms with E-state index in [-0.39, 0.29) is 86.6 Å². The van der Waals surface area contributed by atoms with Gasteiger partial charge in [0.2, 0.25) is 0 Å². The number of hydrogen-bond donors (Lipinski definition) is 0. The molecule has 0 spiro atoms. The van der Waals surface area contributed by atoms with E-state index in [4.69, 9.17) is 14.8 Å². The van der Waals surface area contributed by atoms with Crippen LogP contribution in [0.15, 0.2) is 0 Å². The molecule has 0 bridgehead atoms. The monoisotopic (exact) mass is 457 g/mol. The molecular formula is Mg2O4PtRuTi. The fourth-order valence-corrected chi connectivity index (χ4v) is 0. The van der Waals surface area contributed by atoms with Gasteiger partial charge in [0.1, 0.15) is 0 Å². The maximum Gasteiger partial charge on any atom is 0 e. The van der Waals surface area contributed by atoms with Gasteiger partial charge in [-0.1, -0.05) is 0 Å². The van der Waals surface area contributed by atoms with E-state index in [0.29, 0.717) is 0 Å². The van der Waals surface area contributed by atoms with Crippen molar-refractivity contribution in [3.63, 3.8) is 0 Å². The molecule has 9 heteroatoms. The molecule has 0 radical (unpaired) electrons.